The molecule has 1 fully saturated rings. The second-order valence-electron chi connectivity index (χ2n) is 4.77. The van der Waals surface area contributed by atoms with E-state index in [0.717, 1.165) is 6.42 Å². The molecule has 2 atom stereocenters. The van der Waals surface area contributed by atoms with Crippen LogP contribution in [0.5, 0.6) is 0 Å². The van der Waals surface area contributed by atoms with Gasteiger partial charge in [0.2, 0.25) is 10.0 Å². The van der Waals surface area contributed by atoms with Crippen LogP contribution in [0.2, 0.25) is 0 Å². The van der Waals surface area contributed by atoms with Gasteiger partial charge in [0, 0.05) is 24.7 Å². The number of nitrogens with zero attached hydrogens (tertiary/aromatic N) is 2. The van der Waals surface area contributed by atoms with E-state index in [2.05, 4.69) is 0 Å². The predicted molar refractivity (Wildman–Crippen MR) is 68.0 cm³/mol. The van der Waals surface area contributed by atoms with Crippen LogP contribution in [0.4, 0.5) is 5.69 Å². The topological polar surface area (TPSA) is 80.5 Å². The van der Waals surface area contributed by atoms with Crippen LogP contribution in [-0.2, 0) is 10.0 Å². The van der Waals surface area contributed by atoms with E-state index in [1.165, 1.54) is 28.6 Å². The third-order valence-corrected chi connectivity index (χ3v) is 5.49. The Bertz CT molecular complexity index is 651. The summed E-state index contributed by atoms with van der Waals surface area (Å²) in [7, 11) is -3.55. The van der Waals surface area contributed by atoms with Gasteiger partial charge < -0.3 is 0 Å². The maximum Gasteiger partial charge on any atom is 0.269 e. The summed E-state index contributed by atoms with van der Waals surface area (Å²) in [5, 5.41) is 10.6. The van der Waals surface area contributed by atoms with E-state index in [1.54, 1.807) is 0 Å². The van der Waals surface area contributed by atoms with Gasteiger partial charge in [-0.15, -0.1) is 0 Å². The van der Waals surface area contributed by atoms with Crippen LogP contribution in [0.15, 0.2) is 41.3 Å². The predicted octanol–water partition coefficient (Wildman–Crippen LogP) is 1.54. The van der Waals surface area contributed by atoms with E-state index >= 15 is 0 Å². The number of rotatable bonds is 3. The molecule has 0 N–H and O–H groups in total. The molecule has 2 bridgehead atoms. The van der Waals surface area contributed by atoms with Gasteiger partial charge in [-0.1, -0.05) is 12.2 Å². The van der Waals surface area contributed by atoms with Crippen molar-refractivity contribution in [3.8, 4) is 0 Å². The van der Waals surface area contributed by atoms with Gasteiger partial charge in [0.1, 0.15) is 0 Å². The van der Waals surface area contributed by atoms with E-state index < -0.39 is 14.9 Å². The number of fused-ring (bicyclic) bond motifs is 2. The molecule has 1 aliphatic heterocycles. The molecular weight excluding hydrogens is 268 g/mol. The minimum absolute atomic E-state index is 0.0646. The fraction of sp³-hybridized carbons (Fsp3) is 0.333. The van der Waals surface area contributed by atoms with Gasteiger partial charge in [-0.3, -0.25) is 10.1 Å². The average Bonchev–Trinajstić information content (AvgIpc) is 3.01. The van der Waals surface area contributed by atoms with Crippen molar-refractivity contribution >= 4 is 15.7 Å². The Labute approximate surface area is 110 Å². The zero-order valence-electron chi connectivity index (χ0n) is 9.97. The molecule has 0 unspecified atom stereocenters. The van der Waals surface area contributed by atoms with Gasteiger partial charge in [0.15, 0.2) is 0 Å². The normalized spacial score (nSPS) is 25.9. The minimum Gasteiger partial charge on any atom is -0.258 e. The Morgan fingerprint density at radius 2 is 1.89 bits per heavy atom. The van der Waals surface area contributed by atoms with Crippen LogP contribution in [0.3, 0.4) is 0 Å². The molecule has 1 aromatic rings. The molecule has 100 valence electrons. The van der Waals surface area contributed by atoms with Crippen LogP contribution in [0.25, 0.3) is 0 Å². The van der Waals surface area contributed by atoms with Crippen LogP contribution < -0.4 is 0 Å². The summed E-state index contributed by atoms with van der Waals surface area (Å²) in [6.45, 7) is 0.500. The highest BCUT2D eigenvalue weighted by atomic mass is 32.2. The highest BCUT2D eigenvalue weighted by Gasteiger charge is 2.41. The van der Waals surface area contributed by atoms with Crippen molar-refractivity contribution in [2.45, 2.75) is 17.4 Å². The lowest BCUT2D eigenvalue weighted by molar-refractivity contribution is -0.384. The summed E-state index contributed by atoms with van der Waals surface area (Å²) in [6.07, 6.45) is 4.80. The fourth-order valence-corrected chi connectivity index (χ4v) is 4.27. The van der Waals surface area contributed by atoms with Crippen molar-refractivity contribution in [2.24, 2.45) is 5.92 Å². The summed E-state index contributed by atoms with van der Waals surface area (Å²) >= 11 is 0. The number of nitro groups is 1. The summed E-state index contributed by atoms with van der Waals surface area (Å²) in [6, 6.07) is 4.96. The van der Waals surface area contributed by atoms with Gasteiger partial charge in [-0.2, -0.15) is 4.31 Å². The van der Waals surface area contributed by atoms with Crippen molar-refractivity contribution in [1.82, 2.24) is 4.31 Å². The SMILES string of the molecule is O=[N+]([O-])c1ccc(S(=O)(=O)N2C[C@H]3C=C[C@H]2C3)cc1. The summed E-state index contributed by atoms with van der Waals surface area (Å²) < 4.78 is 26.3. The van der Waals surface area contributed by atoms with E-state index in [-0.39, 0.29) is 16.6 Å². The Kier molecular flexibility index (Phi) is 2.68. The van der Waals surface area contributed by atoms with Crippen molar-refractivity contribution < 1.29 is 13.3 Å². The van der Waals surface area contributed by atoms with Crippen molar-refractivity contribution in [1.29, 1.82) is 0 Å². The number of sulfonamides is 1. The standard InChI is InChI=1S/C12H12N2O4S/c15-14(16)10-3-5-12(6-4-10)19(17,18)13-8-9-1-2-11(13)7-9/h1-6,9,11H,7-8H2/t9-,11-/m0/s1. The molecule has 0 aromatic heterocycles. The summed E-state index contributed by atoms with van der Waals surface area (Å²) in [5.41, 5.74) is -0.109. The monoisotopic (exact) mass is 280 g/mol. The zero-order valence-corrected chi connectivity index (χ0v) is 10.8. The van der Waals surface area contributed by atoms with Gasteiger partial charge in [0.25, 0.3) is 5.69 Å². The highest BCUT2D eigenvalue weighted by molar-refractivity contribution is 7.89. The molecule has 0 saturated carbocycles. The molecule has 3 rings (SSSR count). The second-order valence-corrected chi connectivity index (χ2v) is 6.66. The maximum atomic E-state index is 12.4. The van der Waals surface area contributed by atoms with E-state index in [9.17, 15) is 18.5 Å². The minimum atomic E-state index is -3.55. The molecule has 1 aromatic carbocycles. The summed E-state index contributed by atoms with van der Waals surface area (Å²) in [5.74, 6) is 0.304. The van der Waals surface area contributed by atoms with Gasteiger partial charge in [-0.05, 0) is 24.5 Å². The summed E-state index contributed by atoms with van der Waals surface area (Å²) in [4.78, 5) is 10.1. The molecule has 0 radical (unpaired) electrons. The number of hydrogen-bond donors (Lipinski definition) is 0. The molecule has 1 saturated heterocycles. The fourth-order valence-electron chi connectivity index (χ4n) is 2.62. The van der Waals surface area contributed by atoms with E-state index in [0.29, 0.717) is 12.5 Å². The maximum absolute atomic E-state index is 12.4. The molecule has 0 amide bonds. The van der Waals surface area contributed by atoms with Gasteiger partial charge in [0.05, 0.1) is 9.82 Å². The van der Waals surface area contributed by atoms with Crippen LogP contribution in [0, 0.1) is 16.0 Å². The Balaban J connectivity index is 1.92. The quantitative estimate of drug-likeness (QED) is 0.478. The van der Waals surface area contributed by atoms with Crippen LogP contribution >= 0.6 is 0 Å². The second kappa shape index (κ2) is 4.14. The largest absolute Gasteiger partial charge is 0.269 e. The van der Waals surface area contributed by atoms with Crippen LogP contribution in [-0.4, -0.2) is 30.2 Å². The molecule has 2 aliphatic rings. The lowest BCUT2D eigenvalue weighted by Crippen LogP contribution is -2.35. The van der Waals surface area contributed by atoms with Crippen molar-refractivity contribution in [2.75, 3.05) is 6.54 Å². The van der Waals surface area contributed by atoms with E-state index in [4.69, 9.17) is 0 Å². The molecule has 19 heavy (non-hydrogen) atoms. The molecule has 1 heterocycles. The molecule has 1 aliphatic carbocycles. The molecule has 7 heteroatoms. The molecule has 6 nitrogen and oxygen atoms in total. The van der Waals surface area contributed by atoms with Crippen molar-refractivity contribution in [3.05, 3.63) is 46.5 Å². The first-order chi connectivity index (χ1) is 8.98. The first-order valence-corrected chi connectivity index (χ1v) is 7.37. The first kappa shape index (κ1) is 12.3. The van der Waals surface area contributed by atoms with E-state index in [1.807, 2.05) is 12.2 Å². The first-order valence-electron chi connectivity index (χ1n) is 5.93. The third-order valence-electron chi connectivity index (χ3n) is 3.59. The number of non-ortho nitro benzene ring substituents is 1. The molecular formula is C12H12N2O4S. The Morgan fingerprint density at radius 3 is 2.37 bits per heavy atom. The molecule has 0 spiro atoms. The lowest BCUT2D eigenvalue weighted by atomic mass is 10.2. The smallest absolute Gasteiger partial charge is 0.258 e. The lowest BCUT2D eigenvalue weighted by Gasteiger charge is -2.23. The number of nitro benzene ring substituents is 1. The third kappa shape index (κ3) is 1.95. The Hall–Kier alpha value is -1.73. The van der Waals surface area contributed by atoms with Gasteiger partial charge in [-0.25, -0.2) is 8.42 Å². The number of hydrogen-bond acceptors (Lipinski definition) is 4. The highest BCUT2D eigenvalue weighted by Crippen LogP contribution is 2.35. The number of benzene rings is 1. The van der Waals surface area contributed by atoms with Crippen molar-refractivity contribution in [3.63, 3.8) is 0 Å². The van der Waals surface area contributed by atoms with Gasteiger partial charge >= 0.3 is 0 Å². The zero-order chi connectivity index (χ0) is 13.6. The average molecular weight is 280 g/mol. The Morgan fingerprint density at radius 1 is 1.21 bits per heavy atom. The van der Waals surface area contributed by atoms with Crippen LogP contribution in [0.1, 0.15) is 6.42 Å².